The van der Waals surface area contributed by atoms with E-state index in [1.165, 1.54) is 18.2 Å². The molecule has 0 fully saturated rings. The zero-order valence-corrected chi connectivity index (χ0v) is 16.1. The Bertz CT molecular complexity index is 870. The molecule has 0 saturated heterocycles. The summed E-state index contributed by atoms with van der Waals surface area (Å²) in [6, 6.07) is 13.3. The zero-order chi connectivity index (χ0) is 19.9. The Hall–Kier alpha value is -2.45. The normalized spacial score (nSPS) is 11.4. The molecule has 0 heterocycles. The standard InChI is InChI=1S/C19H23FN2O4S/c1-26-17-9-7-15(8-10-17)11-12-21-19(23)14-22(27(2,24)25)13-16-5-3-4-6-18(16)20/h3-10H,11-14H2,1-2H3,(H,21,23). The molecule has 27 heavy (non-hydrogen) atoms. The number of hydrogen-bond donors (Lipinski definition) is 1. The molecular formula is C19H23FN2O4S. The molecule has 0 radical (unpaired) electrons. The minimum absolute atomic E-state index is 0.197. The van der Waals surface area contributed by atoms with E-state index in [4.69, 9.17) is 4.74 Å². The van der Waals surface area contributed by atoms with Gasteiger partial charge in [-0.1, -0.05) is 30.3 Å². The number of ether oxygens (including phenoxy) is 1. The fourth-order valence-electron chi connectivity index (χ4n) is 2.46. The van der Waals surface area contributed by atoms with E-state index in [0.29, 0.717) is 13.0 Å². The van der Waals surface area contributed by atoms with Crippen LogP contribution in [0.5, 0.6) is 5.75 Å². The van der Waals surface area contributed by atoms with Crippen LogP contribution in [-0.4, -0.2) is 45.1 Å². The van der Waals surface area contributed by atoms with Gasteiger partial charge in [0.25, 0.3) is 0 Å². The maximum absolute atomic E-state index is 13.8. The molecule has 1 N–H and O–H groups in total. The summed E-state index contributed by atoms with van der Waals surface area (Å²) in [5.41, 5.74) is 1.23. The van der Waals surface area contributed by atoms with Crippen molar-refractivity contribution in [1.29, 1.82) is 0 Å². The van der Waals surface area contributed by atoms with E-state index in [-0.39, 0.29) is 18.7 Å². The van der Waals surface area contributed by atoms with Gasteiger partial charge in [0.15, 0.2) is 0 Å². The highest BCUT2D eigenvalue weighted by molar-refractivity contribution is 7.88. The van der Waals surface area contributed by atoms with Crippen LogP contribution in [0.4, 0.5) is 4.39 Å². The number of nitrogens with zero attached hydrogens (tertiary/aromatic N) is 1. The van der Waals surface area contributed by atoms with E-state index in [1.54, 1.807) is 13.2 Å². The Morgan fingerprint density at radius 2 is 1.81 bits per heavy atom. The Kier molecular flexibility index (Phi) is 7.32. The number of halogens is 1. The highest BCUT2D eigenvalue weighted by Crippen LogP contribution is 2.13. The summed E-state index contributed by atoms with van der Waals surface area (Å²) in [5, 5.41) is 2.69. The van der Waals surface area contributed by atoms with Crippen LogP contribution in [-0.2, 0) is 27.8 Å². The maximum atomic E-state index is 13.8. The molecule has 2 aromatic carbocycles. The molecule has 2 rings (SSSR count). The summed E-state index contributed by atoms with van der Waals surface area (Å²) in [4.78, 5) is 12.1. The summed E-state index contributed by atoms with van der Waals surface area (Å²) < 4.78 is 43.7. The average molecular weight is 394 g/mol. The van der Waals surface area contributed by atoms with E-state index in [1.807, 2.05) is 24.3 Å². The van der Waals surface area contributed by atoms with Crippen molar-refractivity contribution in [2.24, 2.45) is 0 Å². The molecule has 8 heteroatoms. The van der Waals surface area contributed by atoms with Crippen molar-refractivity contribution >= 4 is 15.9 Å². The minimum Gasteiger partial charge on any atom is -0.497 e. The van der Waals surface area contributed by atoms with Crippen LogP contribution in [0.3, 0.4) is 0 Å². The SMILES string of the molecule is COc1ccc(CCNC(=O)CN(Cc2ccccc2F)S(C)(=O)=O)cc1. The first-order valence-corrected chi connectivity index (χ1v) is 10.2. The number of carbonyl (C=O) groups is 1. The first-order valence-electron chi connectivity index (χ1n) is 8.38. The van der Waals surface area contributed by atoms with Gasteiger partial charge in [-0.3, -0.25) is 4.79 Å². The molecule has 0 aliphatic carbocycles. The topological polar surface area (TPSA) is 75.7 Å². The highest BCUT2D eigenvalue weighted by atomic mass is 32.2. The Balaban J connectivity index is 1.90. The number of sulfonamides is 1. The monoisotopic (exact) mass is 394 g/mol. The second-order valence-corrected chi connectivity index (χ2v) is 8.05. The number of benzene rings is 2. The van der Waals surface area contributed by atoms with Gasteiger partial charge in [-0.15, -0.1) is 0 Å². The van der Waals surface area contributed by atoms with Gasteiger partial charge in [-0.2, -0.15) is 4.31 Å². The molecule has 0 aliphatic heterocycles. The summed E-state index contributed by atoms with van der Waals surface area (Å²) >= 11 is 0. The van der Waals surface area contributed by atoms with Gasteiger partial charge in [0.2, 0.25) is 15.9 Å². The average Bonchev–Trinajstić information content (AvgIpc) is 2.62. The quantitative estimate of drug-likeness (QED) is 0.705. The third kappa shape index (κ3) is 6.65. The van der Waals surface area contributed by atoms with Crippen molar-refractivity contribution in [2.45, 2.75) is 13.0 Å². The largest absolute Gasteiger partial charge is 0.497 e. The van der Waals surface area contributed by atoms with Gasteiger partial charge >= 0.3 is 0 Å². The molecule has 2 aromatic rings. The fraction of sp³-hybridized carbons (Fsp3) is 0.316. The lowest BCUT2D eigenvalue weighted by atomic mass is 10.1. The highest BCUT2D eigenvalue weighted by Gasteiger charge is 2.21. The predicted octanol–water partition coefficient (Wildman–Crippen LogP) is 1.95. The molecular weight excluding hydrogens is 371 g/mol. The van der Waals surface area contributed by atoms with Crippen molar-refractivity contribution in [2.75, 3.05) is 26.5 Å². The van der Waals surface area contributed by atoms with Gasteiger partial charge < -0.3 is 10.1 Å². The first kappa shape index (κ1) is 20.9. The van der Waals surface area contributed by atoms with E-state index in [2.05, 4.69) is 5.32 Å². The van der Waals surface area contributed by atoms with E-state index >= 15 is 0 Å². The molecule has 0 unspecified atom stereocenters. The lowest BCUT2D eigenvalue weighted by Crippen LogP contribution is -2.40. The number of methoxy groups -OCH3 is 1. The van der Waals surface area contributed by atoms with Crippen molar-refractivity contribution in [3.8, 4) is 5.75 Å². The maximum Gasteiger partial charge on any atom is 0.235 e. The second kappa shape index (κ2) is 9.48. The van der Waals surface area contributed by atoms with Crippen LogP contribution < -0.4 is 10.1 Å². The lowest BCUT2D eigenvalue weighted by molar-refractivity contribution is -0.121. The summed E-state index contributed by atoms with van der Waals surface area (Å²) in [6.07, 6.45) is 1.60. The number of nitrogens with one attached hydrogen (secondary N) is 1. The molecule has 0 aliphatic rings. The van der Waals surface area contributed by atoms with Crippen molar-refractivity contribution < 1.29 is 22.3 Å². The van der Waals surface area contributed by atoms with Gasteiger partial charge in [-0.05, 0) is 30.2 Å². The van der Waals surface area contributed by atoms with Gasteiger partial charge in [0.1, 0.15) is 11.6 Å². The van der Waals surface area contributed by atoms with Crippen LogP contribution in [0.1, 0.15) is 11.1 Å². The summed E-state index contributed by atoms with van der Waals surface area (Å²) in [7, 11) is -2.08. The number of rotatable bonds is 9. The molecule has 6 nitrogen and oxygen atoms in total. The van der Waals surface area contributed by atoms with Crippen molar-refractivity contribution in [1.82, 2.24) is 9.62 Å². The fourth-order valence-corrected chi connectivity index (χ4v) is 3.19. The molecule has 0 aromatic heterocycles. The molecule has 0 spiro atoms. The van der Waals surface area contributed by atoms with Gasteiger partial charge in [-0.25, -0.2) is 12.8 Å². The molecule has 0 bridgehead atoms. The Morgan fingerprint density at radius 3 is 2.41 bits per heavy atom. The van der Waals surface area contributed by atoms with E-state index in [9.17, 15) is 17.6 Å². The predicted molar refractivity (Wildman–Crippen MR) is 101 cm³/mol. The first-order chi connectivity index (χ1) is 12.8. The van der Waals surface area contributed by atoms with E-state index < -0.39 is 21.7 Å². The van der Waals surface area contributed by atoms with Crippen molar-refractivity contribution in [3.05, 3.63) is 65.5 Å². The smallest absolute Gasteiger partial charge is 0.235 e. The molecule has 0 saturated carbocycles. The molecule has 0 atom stereocenters. The zero-order valence-electron chi connectivity index (χ0n) is 15.3. The minimum atomic E-state index is -3.67. The molecule has 1 amide bonds. The summed E-state index contributed by atoms with van der Waals surface area (Å²) in [5.74, 6) is -0.198. The van der Waals surface area contributed by atoms with Crippen LogP contribution in [0.25, 0.3) is 0 Å². The molecule has 146 valence electrons. The summed E-state index contributed by atoms with van der Waals surface area (Å²) in [6.45, 7) is -0.199. The third-order valence-corrected chi connectivity index (χ3v) is 5.18. The van der Waals surface area contributed by atoms with E-state index in [0.717, 1.165) is 21.9 Å². The van der Waals surface area contributed by atoms with Crippen LogP contribution in [0, 0.1) is 5.82 Å². The number of amides is 1. The van der Waals surface area contributed by atoms with Crippen molar-refractivity contribution in [3.63, 3.8) is 0 Å². The number of carbonyl (C=O) groups excluding carboxylic acids is 1. The second-order valence-electron chi connectivity index (χ2n) is 6.07. The van der Waals surface area contributed by atoms with Gasteiger partial charge in [0, 0.05) is 18.7 Å². The third-order valence-electron chi connectivity index (χ3n) is 3.99. The lowest BCUT2D eigenvalue weighted by Gasteiger charge is -2.20. The number of hydrogen-bond acceptors (Lipinski definition) is 4. The van der Waals surface area contributed by atoms with Crippen LogP contribution >= 0.6 is 0 Å². The van der Waals surface area contributed by atoms with Crippen LogP contribution in [0.15, 0.2) is 48.5 Å². The van der Waals surface area contributed by atoms with Crippen LogP contribution in [0.2, 0.25) is 0 Å². The Morgan fingerprint density at radius 1 is 1.15 bits per heavy atom. The Labute approximate surface area is 159 Å². The van der Waals surface area contributed by atoms with Gasteiger partial charge in [0.05, 0.1) is 19.9 Å².